The van der Waals surface area contributed by atoms with E-state index in [4.69, 9.17) is 13.0 Å². The van der Waals surface area contributed by atoms with Crippen molar-refractivity contribution in [2.24, 2.45) is 5.14 Å². The van der Waals surface area contributed by atoms with Crippen LogP contribution in [0.4, 0.5) is 0 Å². The standard InChI is InChI=1S/H3NO3S.Sn/c1-5(2,3)4;/h(H3,1,2,3,4);/q;+4/p-1. The van der Waals surface area contributed by atoms with E-state index in [2.05, 4.69) is 5.14 Å². The van der Waals surface area contributed by atoms with E-state index in [9.17, 15) is 0 Å². The Balaban J connectivity index is 0. The van der Waals surface area contributed by atoms with Crippen molar-refractivity contribution >= 4 is 34.2 Å². The molecule has 0 aromatic heterocycles. The third-order valence-electron chi connectivity index (χ3n) is 0. The molecule has 0 spiro atoms. The Labute approximate surface area is 52.6 Å². The molecule has 0 amide bonds. The largest absolute Gasteiger partial charge is 4.00 e. The van der Waals surface area contributed by atoms with Gasteiger partial charge in [0.2, 0.25) is 0 Å². The van der Waals surface area contributed by atoms with Crippen LogP contribution >= 0.6 is 0 Å². The van der Waals surface area contributed by atoms with Gasteiger partial charge in [0.1, 0.15) is 0 Å². The predicted molar refractivity (Wildman–Crippen MR) is 19.6 cm³/mol. The molecule has 0 aliphatic heterocycles. The van der Waals surface area contributed by atoms with Crippen molar-refractivity contribution in [3.63, 3.8) is 0 Å². The van der Waals surface area contributed by atoms with Crippen molar-refractivity contribution in [3.8, 4) is 0 Å². The minimum atomic E-state index is -4.42. The molecular weight excluding hydrogens is 213 g/mol. The molecular formula is H2NO3SSn+3. The van der Waals surface area contributed by atoms with Crippen LogP contribution in [0.3, 0.4) is 0 Å². The van der Waals surface area contributed by atoms with E-state index in [0.29, 0.717) is 0 Å². The van der Waals surface area contributed by atoms with Crippen molar-refractivity contribution in [2.75, 3.05) is 0 Å². The molecule has 0 saturated heterocycles. The van der Waals surface area contributed by atoms with Gasteiger partial charge in [-0.1, -0.05) is 0 Å². The van der Waals surface area contributed by atoms with Gasteiger partial charge in [0, 0.05) is 0 Å². The van der Waals surface area contributed by atoms with Crippen molar-refractivity contribution < 1.29 is 13.0 Å². The quantitative estimate of drug-likeness (QED) is 0.375. The van der Waals surface area contributed by atoms with Gasteiger partial charge in [-0.2, -0.15) is 0 Å². The van der Waals surface area contributed by atoms with Gasteiger partial charge in [-0.25, -0.2) is 13.6 Å². The number of nitrogens with two attached hydrogens (primary N) is 1. The van der Waals surface area contributed by atoms with E-state index in [-0.39, 0.29) is 23.9 Å². The summed E-state index contributed by atoms with van der Waals surface area (Å²) in [6, 6.07) is 0. The molecule has 0 aromatic rings. The Hall–Kier alpha value is 0.669. The molecule has 0 radical (unpaired) electrons. The Morgan fingerprint density at radius 3 is 1.50 bits per heavy atom. The van der Waals surface area contributed by atoms with Gasteiger partial charge in [-0.05, 0) is 0 Å². The molecule has 0 heterocycles. The van der Waals surface area contributed by atoms with Gasteiger partial charge in [0.25, 0.3) is 0 Å². The van der Waals surface area contributed by atoms with Crippen molar-refractivity contribution in [3.05, 3.63) is 0 Å². The molecule has 0 rings (SSSR count). The normalized spacial score (nSPS) is 9.67. The molecule has 0 saturated carbocycles. The summed E-state index contributed by atoms with van der Waals surface area (Å²) in [5.74, 6) is 0. The second-order valence-electron chi connectivity index (χ2n) is 0.493. The van der Waals surface area contributed by atoms with Crippen LogP contribution in [0.1, 0.15) is 0 Å². The molecule has 0 bridgehead atoms. The van der Waals surface area contributed by atoms with Crippen LogP contribution in [-0.4, -0.2) is 36.9 Å². The van der Waals surface area contributed by atoms with Gasteiger partial charge < -0.3 is 4.55 Å². The zero-order valence-corrected chi connectivity index (χ0v) is 6.38. The summed E-state index contributed by atoms with van der Waals surface area (Å²) < 4.78 is 26.6. The molecule has 0 aliphatic rings. The Morgan fingerprint density at radius 2 is 1.50 bits per heavy atom. The molecule has 6 heavy (non-hydrogen) atoms. The molecule has 0 aromatic carbocycles. The third kappa shape index (κ3) is 141. The number of hydrogen-bond acceptors (Lipinski definition) is 3. The summed E-state index contributed by atoms with van der Waals surface area (Å²) in [5, 5.41) is 3.77. The maximum absolute atomic E-state index is 8.85. The van der Waals surface area contributed by atoms with Gasteiger partial charge in [-0.3, -0.25) is 0 Å². The van der Waals surface area contributed by atoms with Crippen LogP contribution in [0.2, 0.25) is 0 Å². The molecule has 2 N–H and O–H groups in total. The fourth-order valence-electron chi connectivity index (χ4n) is 0. The molecule has 0 fully saturated rings. The summed E-state index contributed by atoms with van der Waals surface area (Å²) in [6.45, 7) is 0. The zero-order chi connectivity index (χ0) is 4.50. The first-order chi connectivity index (χ1) is 2.00. The molecule has 0 aliphatic carbocycles. The zero-order valence-electron chi connectivity index (χ0n) is 2.71. The van der Waals surface area contributed by atoms with Gasteiger partial charge in [-0.15, -0.1) is 0 Å². The van der Waals surface area contributed by atoms with E-state index in [1.54, 1.807) is 0 Å². The fourth-order valence-corrected chi connectivity index (χ4v) is 0. The van der Waals surface area contributed by atoms with Crippen molar-refractivity contribution in [1.29, 1.82) is 0 Å². The molecule has 32 valence electrons. The van der Waals surface area contributed by atoms with Gasteiger partial charge >= 0.3 is 23.9 Å². The van der Waals surface area contributed by atoms with Gasteiger partial charge in [0.05, 0.1) is 0 Å². The molecule has 4 nitrogen and oxygen atoms in total. The van der Waals surface area contributed by atoms with E-state index in [1.165, 1.54) is 0 Å². The van der Waals surface area contributed by atoms with Crippen LogP contribution in [0.25, 0.3) is 0 Å². The van der Waals surface area contributed by atoms with Crippen LogP contribution in [-0.2, 0) is 10.3 Å². The first kappa shape index (κ1) is 9.83. The molecule has 6 heteroatoms. The van der Waals surface area contributed by atoms with Gasteiger partial charge in [0.15, 0.2) is 10.3 Å². The van der Waals surface area contributed by atoms with Crippen molar-refractivity contribution in [1.82, 2.24) is 0 Å². The summed E-state index contributed by atoms with van der Waals surface area (Å²) in [4.78, 5) is 0. The minimum absolute atomic E-state index is 0. The summed E-state index contributed by atoms with van der Waals surface area (Å²) in [6.07, 6.45) is 0. The van der Waals surface area contributed by atoms with E-state index in [0.717, 1.165) is 0 Å². The van der Waals surface area contributed by atoms with Crippen LogP contribution in [0.15, 0.2) is 0 Å². The first-order valence-electron chi connectivity index (χ1n) is 0.736. The van der Waals surface area contributed by atoms with Crippen LogP contribution in [0.5, 0.6) is 0 Å². The second-order valence-corrected chi connectivity index (χ2v) is 1.48. The Morgan fingerprint density at radius 1 is 1.50 bits per heavy atom. The number of rotatable bonds is 0. The maximum atomic E-state index is 8.85. The third-order valence-corrected chi connectivity index (χ3v) is 0. The Bertz CT molecular complexity index is 94.0. The van der Waals surface area contributed by atoms with E-state index >= 15 is 0 Å². The molecule has 0 atom stereocenters. The van der Waals surface area contributed by atoms with E-state index < -0.39 is 10.3 Å². The average Bonchev–Trinajstić information content (AvgIpc) is 0.722. The fraction of sp³-hybridized carbons (Fsp3) is 0. The monoisotopic (exact) mass is 216 g/mol. The Kier molecular flexibility index (Phi) is 4.55. The van der Waals surface area contributed by atoms with Crippen LogP contribution < -0.4 is 5.14 Å². The van der Waals surface area contributed by atoms with E-state index in [1.807, 2.05) is 0 Å². The summed E-state index contributed by atoms with van der Waals surface area (Å²) in [7, 11) is -4.42. The molecule has 0 unspecified atom stereocenters. The topological polar surface area (TPSA) is 83.2 Å². The summed E-state index contributed by atoms with van der Waals surface area (Å²) in [5.41, 5.74) is 0. The predicted octanol–water partition coefficient (Wildman–Crippen LogP) is -1.98. The van der Waals surface area contributed by atoms with Crippen molar-refractivity contribution in [2.45, 2.75) is 0 Å². The second kappa shape index (κ2) is 2.78. The summed E-state index contributed by atoms with van der Waals surface area (Å²) >= 11 is 0. The number of hydrogen-bond donors (Lipinski definition) is 1. The minimum Gasteiger partial charge on any atom is -0.736 e. The average molecular weight is 215 g/mol. The van der Waals surface area contributed by atoms with Crippen LogP contribution in [0, 0.1) is 0 Å². The SMILES string of the molecule is NS(=O)(=O)[O-].[Sn+4]. The smallest absolute Gasteiger partial charge is 0.736 e. The maximum Gasteiger partial charge on any atom is 4.00 e. The first-order valence-corrected chi connectivity index (χ1v) is 2.21.